The first kappa shape index (κ1) is 13.6. The topological polar surface area (TPSA) is 66.8 Å². The van der Waals surface area contributed by atoms with Crippen LogP contribution < -0.4 is 9.47 Å². The van der Waals surface area contributed by atoms with Gasteiger partial charge in [-0.3, -0.25) is 0 Å². The van der Waals surface area contributed by atoms with Gasteiger partial charge in [0.05, 0.1) is 26.4 Å². The van der Waals surface area contributed by atoms with E-state index in [1.54, 1.807) is 24.3 Å². The van der Waals surface area contributed by atoms with E-state index in [1.165, 1.54) is 13.2 Å². The molecule has 0 aromatic heterocycles. The highest BCUT2D eigenvalue weighted by Crippen LogP contribution is 2.28. The minimum absolute atomic E-state index is 0.001000. The quantitative estimate of drug-likeness (QED) is 0.634. The molecular formula is C13H12N2O3. The zero-order valence-corrected chi connectivity index (χ0v) is 9.88. The first-order valence-corrected chi connectivity index (χ1v) is 5.16. The third-order valence-electron chi connectivity index (χ3n) is 2.07. The molecule has 92 valence electrons. The molecule has 1 aromatic carbocycles. The van der Waals surface area contributed by atoms with Crippen molar-refractivity contribution in [2.24, 2.45) is 0 Å². The third-order valence-corrected chi connectivity index (χ3v) is 2.07. The Morgan fingerprint density at radius 3 is 2.89 bits per heavy atom. The molecule has 0 unspecified atom stereocenters. The summed E-state index contributed by atoms with van der Waals surface area (Å²) in [7, 11) is 1.49. The van der Waals surface area contributed by atoms with Crippen molar-refractivity contribution in [3.8, 4) is 17.6 Å². The molecule has 1 aromatic rings. The fraction of sp³-hybridized carbons (Fsp3) is 0.231. The Bertz CT molecular complexity index is 508. The highest BCUT2D eigenvalue weighted by molar-refractivity contribution is 5.62. The van der Waals surface area contributed by atoms with E-state index >= 15 is 0 Å². The molecular weight excluding hydrogens is 232 g/mol. The largest absolute Gasteiger partial charge is 0.493 e. The maximum atomic E-state index is 8.68. The number of allylic oxidation sites excluding steroid dienone is 1. The Hall–Kier alpha value is -2.50. The number of ether oxygens (including phenoxy) is 2. The second kappa shape index (κ2) is 6.95. The molecule has 0 radical (unpaired) electrons. The lowest BCUT2D eigenvalue weighted by Gasteiger charge is -2.10. The Balaban J connectivity index is 3.03. The predicted molar refractivity (Wildman–Crippen MR) is 65.8 cm³/mol. The zero-order chi connectivity index (χ0) is 13.4. The summed E-state index contributed by atoms with van der Waals surface area (Å²) in [6.45, 7) is 6.89. The molecule has 1 rings (SSSR count). The highest BCUT2D eigenvalue weighted by Gasteiger charge is 2.05. The van der Waals surface area contributed by atoms with Gasteiger partial charge in [0.2, 0.25) is 0 Å². The summed E-state index contributed by atoms with van der Waals surface area (Å²) < 4.78 is 10.4. The van der Waals surface area contributed by atoms with E-state index in [0.29, 0.717) is 17.1 Å². The van der Waals surface area contributed by atoms with Crippen LogP contribution in [0.2, 0.25) is 0 Å². The van der Waals surface area contributed by atoms with E-state index in [1.807, 2.05) is 0 Å². The Labute approximate surface area is 105 Å². The van der Waals surface area contributed by atoms with Gasteiger partial charge in [-0.2, -0.15) is 0 Å². The van der Waals surface area contributed by atoms with Crippen molar-refractivity contribution >= 4 is 6.08 Å². The van der Waals surface area contributed by atoms with Gasteiger partial charge in [0.15, 0.2) is 11.5 Å². The van der Waals surface area contributed by atoms with Gasteiger partial charge < -0.3 is 14.6 Å². The molecule has 0 fully saturated rings. The van der Waals surface area contributed by atoms with E-state index in [9.17, 15) is 0 Å². The molecule has 1 N–H and O–H groups in total. The van der Waals surface area contributed by atoms with Crippen molar-refractivity contribution in [2.45, 2.75) is 0 Å². The molecule has 0 bridgehead atoms. The molecule has 0 atom stereocenters. The van der Waals surface area contributed by atoms with Gasteiger partial charge in [0.25, 0.3) is 5.70 Å². The minimum atomic E-state index is -0.0822. The molecule has 0 spiro atoms. The van der Waals surface area contributed by atoms with Crippen molar-refractivity contribution in [1.82, 2.24) is 0 Å². The number of rotatable bonds is 5. The number of hydrogen-bond donors (Lipinski definition) is 1. The number of nitrogens with zero attached hydrogens (tertiary/aromatic N) is 2. The normalized spacial score (nSPS) is 10.3. The van der Waals surface area contributed by atoms with Gasteiger partial charge in [-0.05, 0) is 23.8 Å². The van der Waals surface area contributed by atoms with Crippen LogP contribution in [0.5, 0.6) is 11.5 Å². The maximum Gasteiger partial charge on any atom is 0.262 e. The van der Waals surface area contributed by atoms with Crippen LogP contribution in [0, 0.1) is 17.9 Å². The van der Waals surface area contributed by atoms with Gasteiger partial charge in [0, 0.05) is 0 Å². The molecule has 0 saturated carbocycles. The van der Waals surface area contributed by atoms with E-state index in [-0.39, 0.29) is 18.9 Å². The maximum absolute atomic E-state index is 8.68. The van der Waals surface area contributed by atoms with Crippen molar-refractivity contribution in [2.75, 3.05) is 20.3 Å². The van der Waals surface area contributed by atoms with E-state index < -0.39 is 0 Å². The van der Waals surface area contributed by atoms with E-state index in [2.05, 4.69) is 4.85 Å². The predicted octanol–water partition coefficient (Wildman–Crippen LogP) is 1.85. The molecule has 0 aliphatic heterocycles. The second-order valence-electron chi connectivity index (χ2n) is 3.24. The minimum Gasteiger partial charge on any atom is -0.493 e. The average Bonchev–Trinajstić information content (AvgIpc) is 2.42. The van der Waals surface area contributed by atoms with Gasteiger partial charge in [-0.1, -0.05) is 6.07 Å². The van der Waals surface area contributed by atoms with Gasteiger partial charge in [-0.15, -0.1) is 0 Å². The summed E-state index contributed by atoms with van der Waals surface area (Å²) in [4.78, 5) is 3.07. The second-order valence-corrected chi connectivity index (χ2v) is 3.24. The fourth-order valence-electron chi connectivity index (χ4n) is 1.30. The number of aliphatic hydroxyl groups excluding tert-OH is 1. The molecule has 5 nitrogen and oxygen atoms in total. The zero-order valence-electron chi connectivity index (χ0n) is 9.88. The molecule has 0 saturated heterocycles. The molecule has 0 amide bonds. The van der Waals surface area contributed by atoms with Gasteiger partial charge >= 0.3 is 0 Å². The number of hydrogen-bond acceptors (Lipinski definition) is 4. The average molecular weight is 244 g/mol. The van der Waals surface area contributed by atoms with Crippen LogP contribution in [0.15, 0.2) is 23.9 Å². The van der Waals surface area contributed by atoms with Crippen molar-refractivity contribution in [3.05, 3.63) is 40.9 Å². The summed E-state index contributed by atoms with van der Waals surface area (Å²) in [5.74, 6) is 0.990. The molecule has 0 aliphatic carbocycles. The molecule has 0 heterocycles. The lowest BCUT2D eigenvalue weighted by molar-refractivity contribution is 0.196. The van der Waals surface area contributed by atoms with E-state index in [4.69, 9.17) is 26.4 Å². The van der Waals surface area contributed by atoms with Crippen LogP contribution in [0.3, 0.4) is 0 Å². The first-order chi connectivity index (χ1) is 8.74. The van der Waals surface area contributed by atoms with Crippen molar-refractivity contribution in [3.63, 3.8) is 0 Å². The lowest BCUT2D eigenvalue weighted by atomic mass is 10.1. The highest BCUT2D eigenvalue weighted by atomic mass is 16.5. The van der Waals surface area contributed by atoms with Gasteiger partial charge in [-0.25, -0.2) is 10.1 Å². The molecule has 5 heteroatoms. The smallest absolute Gasteiger partial charge is 0.262 e. The molecule has 0 aliphatic rings. The monoisotopic (exact) mass is 244 g/mol. The summed E-state index contributed by atoms with van der Waals surface area (Å²) in [5, 5.41) is 17.4. The van der Waals surface area contributed by atoms with Crippen molar-refractivity contribution in [1.29, 1.82) is 5.26 Å². The van der Waals surface area contributed by atoms with Crippen LogP contribution in [0.1, 0.15) is 5.56 Å². The number of nitriles is 1. The Morgan fingerprint density at radius 1 is 1.56 bits per heavy atom. The lowest BCUT2D eigenvalue weighted by Crippen LogP contribution is -2.03. The summed E-state index contributed by atoms with van der Waals surface area (Å²) in [6.07, 6.45) is 1.46. The number of benzene rings is 1. The first-order valence-electron chi connectivity index (χ1n) is 5.16. The summed E-state index contributed by atoms with van der Waals surface area (Å²) >= 11 is 0. The standard InChI is InChI=1S/C13H12N2O3/c1-15-11(9-14)7-10-3-4-12(18-6-5-16)13(8-10)17-2/h3-4,7-8,16H,5-6H2,2H3/b11-7+. The van der Waals surface area contributed by atoms with E-state index in [0.717, 1.165) is 0 Å². The SMILES string of the molecule is [C-]#[N+]/C(C#N)=C/c1ccc(OCCO)c(OC)c1. The third kappa shape index (κ3) is 3.51. The van der Waals surface area contributed by atoms with Gasteiger partial charge in [0.1, 0.15) is 6.61 Å². The Kier molecular flexibility index (Phi) is 5.24. The van der Waals surface area contributed by atoms with Crippen LogP contribution in [0.25, 0.3) is 10.9 Å². The van der Waals surface area contributed by atoms with Crippen LogP contribution >= 0.6 is 0 Å². The number of aliphatic hydroxyl groups is 1. The van der Waals surface area contributed by atoms with Crippen LogP contribution in [-0.2, 0) is 0 Å². The number of methoxy groups -OCH3 is 1. The van der Waals surface area contributed by atoms with Crippen LogP contribution in [0.4, 0.5) is 0 Å². The Morgan fingerprint density at radius 2 is 2.33 bits per heavy atom. The van der Waals surface area contributed by atoms with Crippen LogP contribution in [-0.4, -0.2) is 25.4 Å². The van der Waals surface area contributed by atoms with Crippen molar-refractivity contribution < 1.29 is 14.6 Å². The fourth-order valence-corrected chi connectivity index (χ4v) is 1.30. The summed E-state index contributed by atoms with van der Waals surface area (Å²) in [6, 6.07) is 6.82. The molecule has 18 heavy (non-hydrogen) atoms. The summed E-state index contributed by atoms with van der Waals surface area (Å²) in [5.41, 5.74) is 0.678.